The molecule has 128 valence electrons. The number of ether oxygens (including phenoxy) is 1. The van der Waals surface area contributed by atoms with Gasteiger partial charge in [-0.15, -0.1) is 0 Å². The molecular weight excluding hydrogens is 288 g/mol. The van der Waals surface area contributed by atoms with Crippen LogP contribution in [0, 0.1) is 22.7 Å². The van der Waals surface area contributed by atoms with Crippen LogP contribution in [-0.2, 0) is 9.53 Å². The molecule has 0 aromatic rings. The van der Waals surface area contributed by atoms with Gasteiger partial charge in [-0.3, -0.25) is 4.79 Å². The van der Waals surface area contributed by atoms with Gasteiger partial charge in [-0.05, 0) is 67.3 Å². The molecule has 0 aromatic carbocycles. The van der Waals surface area contributed by atoms with Crippen LogP contribution in [0.4, 0.5) is 0 Å². The maximum Gasteiger partial charge on any atom is 0.159 e. The van der Waals surface area contributed by atoms with Crippen LogP contribution >= 0.6 is 0 Å². The summed E-state index contributed by atoms with van der Waals surface area (Å²) in [7, 11) is 0. The number of carbonyl (C=O) groups is 1. The summed E-state index contributed by atoms with van der Waals surface area (Å²) >= 11 is 0. The molecule has 4 aliphatic rings. The van der Waals surface area contributed by atoms with Crippen molar-refractivity contribution in [2.45, 2.75) is 77.9 Å². The summed E-state index contributed by atoms with van der Waals surface area (Å²) in [5, 5.41) is 11.3. The molecule has 3 heteroatoms. The van der Waals surface area contributed by atoms with Crippen molar-refractivity contribution in [1.82, 2.24) is 0 Å². The molecule has 3 fully saturated rings. The van der Waals surface area contributed by atoms with Crippen molar-refractivity contribution < 1.29 is 14.6 Å². The highest BCUT2D eigenvalue weighted by molar-refractivity contribution is 5.98. The first-order valence-corrected chi connectivity index (χ1v) is 9.26. The molecule has 0 radical (unpaired) electrons. The fraction of sp³-hybridized carbons (Fsp3) is 0.850. The number of rotatable bonds is 0. The molecule has 23 heavy (non-hydrogen) atoms. The molecule has 3 nitrogen and oxygen atoms in total. The highest BCUT2D eigenvalue weighted by Crippen LogP contribution is 2.60. The van der Waals surface area contributed by atoms with Crippen molar-refractivity contribution in [3.05, 3.63) is 11.1 Å². The number of carbonyl (C=O) groups excluding carboxylic acids is 1. The first-order valence-electron chi connectivity index (χ1n) is 9.26. The summed E-state index contributed by atoms with van der Waals surface area (Å²) in [6.45, 7) is 9.35. The number of Topliss-reactive ketones (excluding diaryl/α,β-unsaturated/α-hetero) is 1. The first-order chi connectivity index (χ1) is 10.7. The van der Waals surface area contributed by atoms with Gasteiger partial charge in [0.1, 0.15) is 5.60 Å². The van der Waals surface area contributed by atoms with Gasteiger partial charge < -0.3 is 9.84 Å². The zero-order valence-electron chi connectivity index (χ0n) is 14.9. The van der Waals surface area contributed by atoms with E-state index in [1.807, 2.05) is 0 Å². The van der Waals surface area contributed by atoms with Gasteiger partial charge in [-0.2, -0.15) is 0 Å². The standard InChI is InChI=1S/C20H30O3/c1-12-5-6-13-9-15-19(4,8-7-16-20(15,22)11-23-16)10-14(21)17(12)18(13,2)3/h13,15-16,22H,5-11H2,1-4H3/t13-,15-,16+,19-,20+/m0/s1. The highest BCUT2D eigenvalue weighted by Gasteiger charge is 2.63. The van der Waals surface area contributed by atoms with Gasteiger partial charge in [0.15, 0.2) is 5.78 Å². The van der Waals surface area contributed by atoms with Crippen molar-refractivity contribution in [3.8, 4) is 0 Å². The molecular formula is C20H30O3. The fourth-order valence-corrected chi connectivity index (χ4v) is 6.35. The largest absolute Gasteiger partial charge is 0.384 e. The Kier molecular flexibility index (Phi) is 3.23. The van der Waals surface area contributed by atoms with E-state index in [-0.39, 0.29) is 22.9 Å². The quantitative estimate of drug-likeness (QED) is 0.741. The smallest absolute Gasteiger partial charge is 0.159 e. The summed E-state index contributed by atoms with van der Waals surface area (Å²) in [5.41, 5.74) is 1.57. The van der Waals surface area contributed by atoms with E-state index in [0.29, 0.717) is 24.7 Å². The molecule has 5 atom stereocenters. The molecule has 4 rings (SSSR count). The molecule has 2 bridgehead atoms. The van der Waals surface area contributed by atoms with Crippen LogP contribution < -0.4 is 0 Å². The molecule has 3 aliphatic carbocycles. The zero-order chi connectivity index (χ0) is 16.6. The molecule has 0 aromatic heterocycles. The van der Waals surface area contributed by atoms with Crippen LogP contribution in [-0.4, -0.2) is 29.2 Å². The van der Waals surface area contributed by atoms with E-state index in [4.69, 9.17) is 4.74 Å². The summed E-state index contributed by atoms with van der Waals surface area (Å²) < 4.78 is 5.66. The highest BCUT2D eigenvalue weighted by atomic mass is 16.6. The minimum absolute atomic E-state index is 0.00134. The molecule has 0 spiro atoms. The van der Waals surface area contributed by atoms with E-state index in [1.165, 1.54) is 5.57 Å². The Hall–Kier alpha value is -0.670. The second-order valence-corrected chi connectivity index (χ2v) is 9.48. The van der Waals surface area contributed by atoms with Gasteiger partial charge in [0.2, 0.25) is 0 Å². The second-order valence-electron chi connectivity index (χ2n) is 9.48. The van der Waals surface area contributed by atoms with E-state index in [2.05, 4.69) is 27.7 Å². The van der Waals surface area contributed by atoms with Crippen molar-refractivity contribution in [1.29, 1.82) is 0 Å². The van der Waals surface area contributed by atoms with Crippen molar-refractivity contribution >= 4 is 5.78 Å². The Morgan fingerprint density at radius 3 is 2.61 bits per heavy atom. The van der Waals surface area contributed by atoms with E-state index < -0.39 is 5.60 Å². The minimum Gasteiger partial charge on any atom is -0.384 e. The van der Waals surface area contributed by atoms with Gasteiger partial charge >= 0.3 is 0 Å². The van der Waals surface area contributed by atoms with Crippen LogP contribution in [0.15, 0.2) is 11.1 Å². The average molecular weight is 318 g/mol. The predicted octanol–water partition coefficient (Wildman–Crippen LogP) is 3.65. The molecule has 1 aliphatic heterocycles. The van der Waals surface area contributed by atoms with E-state index in [0.717, 1.165) is 37.7 Å². The molecule has 0 amide bonds. The second kappa shape index (κ2) is 4.70. The van der Waals surface area contributed by atoms with Crippen molar-refractivity contribution in [2.24, 2.45) is 22.7 Å². The molecule has 1 N–H and O–H groups in total. The lowest BCUT2D eigenvalue weighted by molar-refractivity contribution is -0.303. The van der Waals surface area contributed by atoms with E-state index in [9.17, 15) is 9.90 Å². The monoisotopic (exact) mass is 318 g/mol. The number of fused-ring (bicyclic) bond motifs is 5. The average Bonchev–Trinajstić information content (AvgIpc) is 2.42. The Labute approximate surface area is 139 Å². The Morgan fingerprint density at radius 1 is 1.22 bits per heavy atom. The number of hydrogen-bond acceptors (Lipinski definition) is 3. The molecule has 1 heterocycles. The number of hydrogen-bond donors (Lipinski definition) is 1. The third-order valence-electron chi connectivity index (χ3n) is 7.82. The van der Waals surface area contributed by atoms with Crippen molar-refractivity contribution in [3.63, 3.8) is 0 Å². The third-order valence-corrected chi connectivity index (χ3v) is 7.82. The lowest BCUT2D eigenvalue weighted by atomic mass is 9.49. The summed E-state index contributed by atoms with van der Waals surface area (Å²) in [4.78, 5) is 13.2. The van der Waals surface area contributed by atoms with Gasteiger partial charge in [-0.25, -0.2) is 0 Å². The minimum atomic E-state index is -0.697. The maximum absolute atomic E-state index is 13.2. The van der Waals surface area contributed by atoms with Crippen LogP contribution in [0.2, 0.25) is 0 Å². The molecule has 1 saturated heterocycles. The SMILES string of the molecule is CC1=C2C(=O)C[C@]3(C)CC[C@H]4OC[C@@]4(O)[C@H]3C[C@H](CC1)C2(C)C. The van der Waals surface area contributed by atoms with Gasteiger partial charge in [-0.1, -0.05) is 26.3 Å². The molecule has 0 unspecified atom stereocenters. The Balaban J connectivity index is 1.80. The van der Waals surface area contributed by atoms with Crippen LogP contribution in [0.25, 0.3) is 0 Å². The first kappa shape index (κ1) is 15.8. The Bertz CT molecular complexity index is 590. The topological polar surface area (TPSA) is 46.5 Å². The van der Waals surface area contributed by atoms with Crippen LogP contribution in [0.5, 0.6) is 0 Å². The van der Waals surface area contributed by atoms with Crippen molar-refractivity contribution in [2.75, 3.05) is 6.61 Å². The van der Waals surface area contributed by atoms with Crippen LogP contribution in [0.1, 0.15) is 66.2 Å². The Morgan fingerprint density at radius 2 is 1.96 bits per heavy atom. The summed E-state index contributed by atoms with van der Waals surface area (Å²) in [6, 6.07) is 0. The lowest BCUT2D eigenvalue weighted by Crippen LogP contribution is -2.69. The number of ketones is 1. The third kappa shape index (κ3) is 1.99. The number of aliphatic hydroxyl groups is 1. The van der Waals surface area contributed by atoms with Crippen LogP contribution in [0.3, 0.4) is 0 Å². The fourth-order valence-electron chi connectivity index (χ4n) is 6.35. The normalized spacial score (nSPS) is 48.7. The summed E-state index contributed by atoms with van der Waals surface area (Å²) in [5.74, 6) is 1.01. The maximum atomic E-state index is 13.2. The van der Waals surface area contributed by atoms with Gasteiger partial charge in [0, 0.05) is 6.42 Å². The van der Waals surface area contributed by atoms with Gasteiger partial charge in [0.25, 0.3) is 0 Å². The summed E-state index contributed by atoms with van der Waals surface area (Å²) in [6.07, 6.45) is 5.69. The van der Waals surface area contributed by atoms with E-state index in [1.54, 1.807) is 0 Å². The predicted molar refractivity (Wildman–Crippen MR) is 89.0 cm³/mol. The molecule has 2 saturated carbocycles. The number of allylic oxidation sites excluding steroid dienone is 2. The lowest BCUT2D eigenvalue weighted by Gasteiger charge is -2.62. The zero-order valence-corrected chi connectivity index (χ0v) is 14.9. The van der Waals surface area contributed by atoms with Gasteiger partial charge in [0.05, 0.1) is 12.7 Å². The van der Waals surface area contributed by atoms with E-state index >= 15 is 0 Å².